The van der Waals surface area contributed by atoms with Crippen LogP contribution in [0.5, 0.6) is 0 Å². The molecular weight excluding hydrogens is 319 g/mol. The van der Waals surface area contributed by atoms with Crippen LogP contribution in [0.1, 0.15) is 23.5 Å². The molecule has 5 nitrogen and oxygen atoms in total. The van der Waals surface area contributed by atoms with E-state index in [1.165, 1.54) is 38.1 Å². The number of sulfonamides is 1. The van der Waals surface area contributed by atoms with E-state index in [1.807, 2.05) is 0 Å². The van der Waals surface area contributed by atoms with E-state index < -0.39 is 22.4 Å². The van der Waals surface area contributed by atoms with Gasteiger partial charge in [0.05, 0.1) is 11.4 Å². The Morgan fingerprint density at radius 3 is 2.32 bits per heavy atom. The third kappa shape index (κ3) is 3.30. The maximum Gasteiger partial charge on any atom is 0.333 e. The number of hydrogen-bond donors (Lipinski definition) is 1. The van der Waals surface area contributed by atoms with Gasteiger partial charge < -0.3 is 0 Å². The summed E-state index contributed by atoms with van der Waals surface area (Å²) in [6, 6.07) is 5.27. The third-order valence-corrected chi connectivity index (χ3v) is 4.74. The molecule has 0 saturated heterocycles. The van der Waals surface area contributed by atoms with Gasteiger partial charge in [-0.15, -0.1) is 0 Å². The van der Waals surface area contributed by atoms with Crippen molar-refractivity contribution in [1.82, 2.24) is 14.5 Å². The Hall–Kier alpha value is -1.87. The molecule has 0 saturated carbocycles. The van der Waals surface area contributed by atoms with E-state index in [1.54, 1.807) is 0 Å². The lowest BCUT2D eigenvalue weighted by Crippen LogP contribution is -2.24. The van der Waals surface area contributed by atoms with E-state index in [0.717, 1.165) is 0 Å². The molecule has 0 aliphatic rings. The van der Waals surface area contributed by atoms with Crippen LogP contribution in [0.25, 0.3) is 0 Å². The van der Waals surface area contributed by atoms with E-state index in [9.17, 15) is 21.6 Å². The summed E-state index contributed by atoms with van der Waals surface area (Å²) in [5.41, 5.74) is 0.394. The Kier molecular flexibility index (Phi) is 4.57. The van der Waals surface area contributed by atoms with Gasteiger partial charge in [-0.3, -0.25) is 0 Å². The summed E-state index contributed by atoms with van der Waals surface area (Å²) in [6.45, 7) is -0.391. The van der Waals surface area contributed by atoms with Gasteiger partial charge in [0, 0.05) is 6.54 Å². The minimum absolute atomic E-state index is 0.00981. The van der Waals surface area contributed by atoms with Gasteiger partial charge in [-0.25, -0.2) is 22.2 Å². The van der Waals surface area contributed by atoms with Crippen molar-refractivity contribution in [3.63, 3.8) is 0 Å². The van der Waals surface area contributed by atoms with Gasteiger partial charge in [-0.1, -0.05) is 12.1 Å². The molecule has 0 radical (unpaired) electrons. The lowest BCUT2D eigenvalue weighted by Gasteiger charge is -2.08. The monoisotopic (exact) mass is 333 g/mol. The van der Waals surface area contributed by atoms with Crippen LogP contribution < -0.4 is 4.72 Å². The maximum atomic E-state index is 12.8. The minimum atomic E-state index is -4.00. The Balaban J connectivity index is 2.25. The van der Waals surface area contributed by atoms with Gasteiger partial charge in [0.1, 0.15) is 10.7 Å². The Morgan fingerprint density at radius 2 is 1.82 bits per heavy atom. The van der Waals surface area contributed by atoms with E-state index in [-0.39, 0.29) is 22.8 Å². The van der Waals surface area contributed by atoms with Crippen molar-refractivity contribution in [3.8, 4) is 0 Å². The second-order valence-electron chi connectivity index (χ2n) is 4.67. The molecule has 1 N–H and O–H groups in total. The number of halogens is 3. The molecule has 22 heavy (non-hydrogen) atoms. The first kappa shape index (κ1) is 16.5. The number of nitrogens with one attached hydrogen (secondary N) is 1. The lowest BCUT2D eigenvalue weighted by molar-refractivity contribution is 0.0538. The normalized spacial score (nSPS) is 12.1. The maximum absolute atomic E-state index is 12.8. The molecular formula is C13H14F3N3O2S. The first-order chi connectivity index (χ1) is 10.2. The summed E-state index contributed by atoms with van der Waals surface area (Å²) in [5, 5.41) is 3.54. The molecule has 0 fully saturated rings. The van der Waals surface area contributed by atoms with E-state index in [2.05, 4.69) is 9.82 Å². The number of nitrogens with zero attached hydrogens (tertiary/aromatic N) is 2. The third-order valence-electron chi connectivity index (χ3n) is 3.09. The van der Waals surface area contributed by atoms with Crippen LogP contribution in [0, 0.1) is 19.7 Å². The zero-order chi connectivity index (χ0) is 16.5. The number of hydrogen-bond acceptors (Lipinski definition) is 3. The second-order valence-corrected chi connectivity index (χ2v) is 6.38. The van der Waals surface area contributed by atoms with Crippen LogP contribution in [0.4, 0.5) is 13.2 Å². The van der Waals surface area contributed by atoms with Crippen molar-refractivity contribution in [2.24, 2.45) is 0 Å². The summed E-state index contributed by atoms with van der Waals surface area (Å²) in [6.07, 6.45) is 0. The molecule has 0 atom stereocenters. The van der Waals surface area contributed by atoms with Crippen LogP contribution >= 0.6 is 0 Å². The smallest absolute Gasteiger partial charge is 0.207 e. The molecule has 1 aromatic carbocycles. The van der Waals surface area contributed by atoms with Gasteiger partial charge in [0.15, 0.2) is 0 Å². The van der Waals surface area contributed by atoms with Crippen molar-refractivity contribution in [3.05, 3.63) is 47.0 Å². The van der Waals surface area contributed by atoms with Gasteiger partial charge in [0.25, 0.3) is 0 Å². The van der Waals surface area contributed by atoms with Crippen LogP contribution in [0.15, 0.2) is 29.2 Å². The van der Waals surface area contributed by atoms with Crippen LogP contribution in [-0.2, 0) is 16.6 Å². The molecule has 0 amide bonds. The molecule has 1 aromatic heterocycles. The molecule has 9 heteroatoms. The molecule has 0 aliphatic heterocycles. The highest BCUT2D eigenvalue weighted by molar-refractivity contribution is 7.89. The van der Waals surface area contributed by atoms with Gasteiger partial charge >= 0.3 is 6.55 Å². The van der Waals surface area contributed by atoms with Gasteiger partial charge in [-0.2, -0.15) is 13.9 Å². The topological polar surface area (TPSA) is 64.0 Å². The Morgan fingerprint density at radius 1 is 1.23 bits per heavy atom. The van der Waals surface area contributed by atoms with E-state index in [4.69, 9.17) is 0 Å². The van der Waals surface area contributed by atoms with E-state index >= 15 is 0 Å². The standard InChI is InChI=1S/C13H14F3N3O2S/c1-8-12(9(2)19(18-8)13(15)16)22(20,21)17-7-10-3-5-11(14)6-4-10/h3-6,13,17H,7H2,1-2H3. The van der Waals surface area contributed by atoms with Crippen molar-refractivity contribution >= 4 is 10.0 Å². The number of alkyl halides is 2. The average Bonchev–Trinajstić information content (AvgIpc) is 2.74. The summed E-state index contributed by atoms with van der Waals surface area (Å²) < 4.78 is 65.5. The molecule has 0 unspecified atom stereocenters. The Labute approximate surface area is 125 Å². The van der Waals surface area contributed by atoms with Crippen molar-refractivity contribution in [2.75, 3.05) is 0 Å². The number of aryl methyl sites for hydroxylation is 1. The zero-order valence-corrected chi connectivity index (χ0v) is 12.7. The molecule has 0 spiro atoms. The second kappa shape index (κ2) is 6.09. The number of aromatic nitrogens is 2. The lowest BCUT2D eigenvalue weighted by atomic mass is 10.2. The number of rotatable bonds is 5. The summed E-state index contributed by atoms with van der Waals surface area (Å²) in [4.78, 5) is -0.269. The SMILES string of the molecule is Cc1nn(C(F)F)c(C)c1S(=O)(=O)NCc1ccc(F)cc1. The minimum Gasteiger partial charge on any atom is -0.207 e. The van der Waals surface area contributed by atoms with Crippen LogP contribution in [0.2, 0.25) is 0 Å². The highest BCUT2D eigenvalue weighted by atomic mass is 32.2. The summed E-state index contributed by atoms with van der Waals surface area (Å²) in [7, 11) is -4.00. The Bertz CT molecular complexity index is 771. The first-order valence-electron chi connectivity index (χ1n) is 6.30. The van der Waals surface area contributed by atoms with Crippen LogP contribution in [0.3, 0.4) is 0 Å². The van der Waals surface area contributed by atoms with Crippen molar-refractivity contribution < 1.29 is 21.6 Å². The van der Waals surface area contributed by atoms with Crippen molar-refractivity contribution in [1.29, 1.82) is 0 Å². The summed E-state index contributed by atoms with van der Waals surface area (Å²) >= 11 is 0. The molecule has 2 rings (SSSR count). The first-order valence-corrected chi connectivity index (χ1v) is 7.78. The zero-order valence-electron chi connectivity index (χ0n) is 11.8. The molecule has 2 aromatic rings. The van der Waals surface area contributed by atoms with Crippen molar-refractivity contribution in [2.45, 2.75) is 31.8 Å². The van der Waals surface area contributed by atoms with Gasteiger partial charge in [0.2, 0.25) is 10.0 Å². The average molecular weight is 333 g/mol. The fourth-order valence-corrected chi connectivity index (χ4v) is 3.49. The highest BCUT2D eigenvalue weighted by Crippen LogP contribution is 2.23. The summed E-state index contributed by atoms with van der Waals surface area (Å²) in [5.74, 6) is -0.434. The molecule has 0 aliphatic carbocycles. The molecule has 1 heterocycles. The predicted octanol–water partition coefficient (Wildman–Crippen LogP) is 2.51. The largest absolute Gasteiger partial charge is 0.333 e. The van der Waals surface area contributed by atoms with Crippen LogP contribution in [-0.4, -0.2) is 18.2 Å². The highest BCUT2D eigenvalue weighted by Gasteiger charge is 2.26. The van der Waals surface area contributed by atoms with E-state index in [0.29, 0.717) is 10.2 Å². The predicted molar refractivity (Wildman–Crippen MR) is 73.4 cm³/mol. The molecule has 120 valence electrons. The van der Waals surface area contributed by atoms with Gasteiger partial charge in [-0.05, 0) is 31.5 Å². The quantitative estimate of drug-likeness (QED) is 0.914. The molecule has 0 bridgehead atoms. The number of benzene rings is 1. The fourth-order valence-electron chi connectivity index (χ4n) is 2.08. The fraction of sp³-hybridized carbons (Fsp3) is 0.308.